The van der Waals surface area contributed by atoms with Gasteiger partial charge in [0.2, 0.25) is 0 Å². The molecule has 1 saturated heterocycles. The highest BCUT2D eigenvalue weighted by molar-refractivity contribution is 5.58. The van der Waals surface area contributed by atoms with Crippen molar-refractivity contribution < 1.29 is 4.52 Å². The van der Waals surface area contributed by atoms with E-state index in [1.807, 2.05) is 18.2 Å². The molecule has 1 aromatic carbocycles. The number of hydrogen-bond donors (Lipinski definition) is 0. The van der Waals surface area contributed by atoms with Crippen LogP contribution in [-0.4, -0.2) is 23.6 Å². The van der Waals surface area contributed by atoms with Crippen molar-refractivity contribution in [1.29, 1.82) is 0 Å². The summed E-state index contributed by atoms with van der Waals surface area (Å²) in [7, 11) is 2.14. The second-order valence-corrected chi connectivity index (χ2v) is 4.62. The van der Waals surface area contributed by atoms with Gasteiger partial charge in [-0.15, -0.1) is 0 Å². The molecule has 0 bridgehead atoms. The largest absolute Gasteiger partial charge is 0.359 e. The molecule has 0 aliphatic carbocycles. The van der Waals surface area contributed by atoms with E-state index in [0.29, 0.717) is 6.04 Å². The first-order valence-corrected chi connectivity index (χ1v) is 6.07. The molecule has 1 fully saturated rings. The monoisotopic (exact) mass is 228 g/mol. The zero-order chi connectivity index (χ0) is 11.7. The van der Waals surface area contributed by atoms with Gasteiger partial charge in [-0.3, -0.25) is 4.90 Å². The van der Waals surface area contributed by atoms with Crippen molar-refractivity contribution >= 4 is 0 Å². The molecule has 1 aliphatic rings. The van der Waals surface area contributed by atoms with Crippen LogP contribution in [0.1, 0.15) is 24.6 Å². The normalized spacial score (nSPS) is 20.9. The van der Waals surface area contributed by atoms with Crippen molar-refractivity contribution in [2.24, 2.45) is 0 Å². The molecule has 0 spiro atoms. The van der Waals surface area contributed by atoms with E-state index < -0.39 is 0 Å². The van der Waals surface area contributed by atoms with Gasteiger partial charge in [-0.25, -0.2) is 0 Å². The maximum Gasteiger partial charge on any atom is 0.154 e. The van der Waals surface area contributed by atoms with Crippen LogP contribution in [0.4, 0.5) is 0 Å². The van der Waals surface area contributed by atoms with Gasteiger partial charge in [0.1, 0.15) is 5.69 Å². The minimum atomic E-state index is 0.403. The van der Waals surface area contributed by atoms with Crippen LogP contribution in [0.25, 0.3) is 11.3 Å². The molecule has 1 atom stereocenters. The third kappa shape index (κ3) is 1.98. The quantitative estimate of drug-likeness (QED) is 0.791. The van der Waals surface area contributed by atoms with Crippen LogP contribution in [0.5, 0.6) is 0 Å². The van der Waals surface area contributed by atoms with Crippen molar-refractivity contribution in [3.05, 3.63) is 42.2 Å². The summed E-state index contributed by atoms with van der Waals surface area (Å²) < 4.78 is 5.48. The second-order valence-electron chi connectivity index (χ2n) is 4.62. The summed E-state index contributed by atoms with van der Waals surface area (Å²) in [6.45, 7) is 1.14. The van der Waals surface area contributed by atoms with Gasteiger partial charge >= 0.3 is 0 Å². The van der Waals surface area contributed by atoms with Crippen molar-refractivity contribution in [2.45, 2.75) is 18.9 Å². The second kappa shape index (κ2) is 4.34. The Morgan fingerprint density at radius 2 is 2.12 bits per heavy atom. The average molecular weight is 228 g/mol. The van der Waals surface area contributed by atoms with Gasteiger partial charge in [0.25, 0.3) is 0 Å². The predicted octanol–water partition coefficient (Wildman–Crippen LogP) is 3.11. The molecule has 3 nitrogen and oxygen atoms in total. The smallest absolute Gasteiger partial charge is 0.154 e. The number of likely N-dealkylation sites (tertiary alicyclic amines) is 1. The predicted molar refractivity (Wildman–Crippen MR) is 66.5 cm³/mol. The molecule has 2 heterocycles. The van der Waals surface area contributed by atoms with Gasteiger partial charge in [-0.1, -0.05) is 35.5 Å². The Bertz CT molecular complexity index is 492. The summed E-state index contributed by atoms with van der Waals surface area (Å²) in [5, 5.41) is 4.16. The van der Waals surface area contributed by atoms with Crippen LogP contribution < -0.4 is 0 Å². The average Bonchev–Trinajstić information content (AvgIpc) is 2.98. The maximum absolute atomic E-state index is 5.48. The van der Waals surface area contributed by atoms with Crippen molar-refractivity contribution in [2.75, 3.05) is 13.6 Å². The molecule has 0 amide bonds. The molecular formula is C14H16N2O. The standard InChI is InChI=1S/C14H16N2O/c1-16-9-5-8-13(16)14-10-12(15-17-14)11-6-3-2-4-7-11/h2-4,6-7,10,13H,5,8-9H2,1H3/t13-/m0/s1. The van der Waals surface area contributed by atoms with Gasteiger partial charge in [0.15, 0.2) is 5.76 Å². The number of nitrogens with zero attached hydrogens (tertiary/aromatic N) is 2. The van der Waals surface area contributed by atoms with E-state index in [9.17, 15) is 0 Å². The molecule has 3 heteroatoms. The van der Waals surface area contributed by atoms with E-state index in [2.05, 4.69) is 35.3 Å². The van der Waals surface area contributed by atoms with Crippen LogP contribution in [0.15, 0.2) is 40.9 Å². The van der Waals surface area contributed by atoms with Gasteiger partial charge in [-0.05, 0) is 26.4 Å². The Hall–Kier alpha value is -1.61. The fraction of sp³-hybridized carbons (Fsp3) is 0.357. The molecule has 1 aromatic heterocycles. The third-order valence-electron chi connectivity index (χ3n) is 3.45. The summed E-state index contributed by atoms with van der Waals surface area (Å²) in [6.07, 6.45) is 2.41. The Labute approximate surface area is 101 Å². The van der Waals surface area contributed by atoms with Gasteiger partial charge in [0, 0.05) is 11.6 Å². The molecule has 0 unspecified atom stereocenters. The van der Waals surface area contributed by atoms with Crippen LogP contribution in [0, 0.1) is 0 Å². The molecule has 1 aliphatic heterocycles. The molecule has 88 valence electrons. The van der Waals surface area contributed by atoms with E-state index in [-0.39, 0.29) is 0 Å². The van der Waals surface area contributed by atoms with E-state index in [4.69, 9.17) is 4.52 Å². The molecule has 17 heavy (non-hydrogen) atoms. The number of rotatable bonds is 2. The summed E-state index contributed by atoms with van der Waals surface area (Å²) in [4.78, 5) is 2.33. The van der Waals surface area contributed by atoms with Crippen LogP contribution in [-0.2, 0) is 0 Å². The minimum absolute atomic E-state index is 0.403. The highest BCUT2D eigenvalue weighted by Crippen LogP contribution is 2.32. The zero-order valence-electron chi connectivity index (χ0n) is 9.97. The van der Waals surface area contributed by atoms with Gasteiger partial charge in [-0.2, -0.15) is 0 Å². The van der Waals surface area contributed by atoms with Crippen molar-refractivity contribution in [1.82, 2.24) is 10.1 Å². The highest BCUT2D eigenvalue weighted by atomic mass is 16.5. The Morgan fingerprint density at radius 1 is 1.29 bits per heavy atom. The lowest BCUT2D eigenvalue weighted by molar-refractivity contribution is 0.252. The first-order chi connectivity index (χ1) is 8.34. The van der Waals surface area contributed by atoms with E-state index in [1.54, 1.807) is 0 Å². The van der Waals surface area contributed by atoms with E-state index in [1.165, 1.54) is 12.8 Å². The Kier molecular flexibility index (Phi) is 2.69. The highest BCUT2D eigenvalue weighted by Gasteiger charge is 2.26. The summed E-state index contributed by atoms with van der Waals surface area (Å²) in [6, 6.07) is 12.6. The van der Waals surface area contributed by atoms with Gasteiger partial charge in [0.05, 0.1) is 6.04 Å². The van der Waals surface area contributed by atoms with Crippen LogP contribution >= 0.6 is 0 Å². The SMILES string of the molecule is CN1CCC[C@H]1c1cc(-c2ccccc2)no1. The molecule has 0 saturated carbocycles. The number of hydrogen-bond acceptors (Lipinski definition) is 3. The van der Waals surface area contributed by atoms with E-state index >= 15 is 0 Å². The third-order valence-corrected chi connectivity index (χ3v) is 3.45. The van der Waals surface area contributed by atoms with Crippen molar-refractivity contribution in [3.63, 3.8) is 0 Å². The Balaban J connectivity index is 1.88. The first-order valence-electron chi connectivity index (χ1n) is 6.07. The lowest BCUT2D eigenvalue weighted by Gasteiger charge is -2.15. The molecule has 0 radical (unpaired) electrons. The molecular weight excluding hydrogens is 212 g/mol. The summed E-state index contributed by atoms with van der Waals surface area (Å²) in [5.74, 6) is 0.990. The lowest BCUT2D eigenvalue weighted by atomic mass is 10.1. The zero-order valence-corrected chi connectivity index (χ0v) is 9.97. The van der Waals surface area contributed by atoms with Crippen LogP contribution in [0.2, 0.25) is 0 Å². The first kappa shape index (κ1) is 10.5. The van der Waals surface area contributed by atoms with Crippen LogP contribution in [0.3, 0.4) is 0 Å². The number of benzene rings is 1. The molecule has 3 rings (SSSR count). The lowest BCUT2D eigenvalue weighted by Crippen LogP contribution is -2.16. The fourth-order valence-corrected chi connectivity index (χ4v) is 2.46. The van der Waals surface area contributed by atoms with Crippen molar-refractivity contribution in [3.8, 4) is 11.3 Å². The number of aromatic nitrogens is 1. The fourth-order valence-electron chi connectivity index (χ4n) is 2.46. The summed E-state index contributed by atoms with van der Waals surface area (Å²) in [5.41, 5.74) is 2.05. The maximum atomic E-state index is 5.48. The summed E-state index contributed by atoms with van der Waals surface area (Å²) >= 11 is 0. The Morgan fingerprint density at radius 3 is 2.82 bits per heavy atom. The van der Waals surface area contributed by atoms with E-state index in [0.717, 1.165) is 23.6 Å². The molecule has 0 N–H and O–H groups in total. The topological polar surface area (TPSA) is 29.3 Å². The van der Waals surface area contributed by atoms with Gasteiger partial charge < -0.3 is 4.52 Å². The minimum Gasteiger partial charge on any atom is -0.359 e. The molecule has 2 aromatic rings.